The zero-order valence-electron chi connectivity index (χ0n) is 13.1. The summed E-state index contributed by atoms with van der Waals surface area (Å²) in [4.78, 5) is 2.67. The predicted octanol–water partition coefficient (Wildman–Crippen LogP) is 3.68. The molecule has 0 radical (unpaired) electrons. The summed E-state index contributed by atoms with van der Waals surface area (Å²) in [6.45, 7) is 9.27. The molecule has 3 atom stereocenters. The monoisotopic (exact) mass is 267 g/mol. The summed E-state index contributed by atoms with van der Waals surface area (Å²) < 4.78 is 0. The summed E-state index contributed by atoms with van der Waals surface area (Å²) in [5, 5.41) is 10.3. The van der Waals surface area contributed by atoms with E-state index in [2.05, 4.69) is 25.7 Å². The van der Waals surface area contributed by atoms with E-state index in [0.717, 1.165) is 30.8 Å². The molecule has 0 bridgehead atoms. The molecule has 1 N–H and O–H groups in total. The van der Waals surface area contributed by atoms with Crippen molar-refractivity contribution >= 4 is 0 Å². The van der Waals surface area contributed by atoms with Crippen molar-refractivity contribution in [3.05, 3.63) is 0 Å². The fourth-order valence-electron chi connectivity index (χ4n) is 3.79. The van der Waals surface area contributed by atoms with Crippen LogP contribution in [0.3, 0.4) is 0 Å². The Bertz CT molecular complexity index is 262. The molecule has 19 heavy (non-hydrogen) atoms. The highest BCUT2D eigenvalue weighted by Gasteiger charge is 2.35. The Labute approximate surface area is 119 Å². The van der Waals surface area contributed by atoms with Crippen LogP contribution in [0.4, 0.5) is 0 Å². The molecule has 0 aromatic heterocycles. The molecular weight excluding hydrogens is 234 g/mol. The first-order chi connectivity index (χ1) is 9.10. The Morgan fingerprint density at radius 2 is 1.89 bits per heavy atom. The van der Waals surface area contributed by atoms with Crippen LogP contribution >= 0.6 is 0 Å². The third kappa shape index (κ3) is 4.75. The quantitative estimate of drug-likeness (QED) is 0.760. The molecule has 0 spiro atoms. The highest BCUT2D eigenvalue weighted by molar-refractivity contribution is 4.89. The van der Waals surface area contributed by atoms with Crippen LogP contribution < -0.4 is 0 Å². The van der Waals surface area contributed by atoms with Gasteiger partial charge in [-0.3, -0.25) is 4.90 Å². The van der Waals surface area contributed by atoms with Crippen LogP contribution in [0.1, 0.15) is 65.7 Å². The minimum atomic E-state index is -0.0403. The first-order valence-corrected chi connectivity index (χ1v) is 8.52. The van der Waals surface area contributed by atoms with Gasteiger partial charge in [-0.05, 0) is 49.9 Å². The second kappa shape index (κ2) is 7.08. The van der Waals surface area contributed by atoms with Gasteiger partial charge in [0.1, 0.15) is 0 Å². The summed E-state index contributed by atoms with van der Waals surface area (Å²) in [6, 6.07) is 0.834. The minimum Gasteiger partial charge on any atom is -0.393 e. The number of aliphatic hydroxyl groups is 1. The molecule has 2 saturated carbocycles. The molecule has 0 amide bonds. The van der Waals surface area contributed by atoms with Crippen LogP contribution in [0.25, 0.3) is 0 Å². The largest absolute Gasteiger partial charge is 0.393 e. The molecule has 2 fully saturated rings. The molecule has 3 unspecified atom stereocenters. The van der Waals surface area contributed by atoms with Crippen LogP contribution in [0, 0.1) is 17.8 Å². The van der Waals surface area contributed by atoms with Gasteiger partial charge in [0.2, 0.25) is 0 Å². The third-order valence-corrected chi connectivity index (χ3v) is 4.88. The molecule has 112 valence electrons. The highest BCUT2D eigenvalue weighted by atomic mass is 16.3. The van der Waals surface area contributed by atoms with Crippen molar-refractivity contribution in [3.8, 4) is 0 Å². The summed E-state index contributed by atoms with van der Waals surface area (Å²) in [5.41, 5.74) is 0. The third-order valence-electron chi connectivity index (χ3n) is 4.88. The molecule has 0 saturated heterocycles. The lowest BCUT2D eigenvalue weighted by Crippen LogP contribution is -2.41. The normalized spacial score (nSPS) is 32.2. The van der Waals surface area contributed by atoms with Crippen molar-refractivity contribution in [2.75, 3.05) is 13.1 Å². The van der Waals surface area contributed by atoms with Crippen molar-refractivity contribution in [3.63, 3.8) is 0 Å². The molecular formula is C17H33NO. The van der Waals surface area contributed by atoms with Gasteiger partial charge in [-0.2, -0.15) is 0 Å². The van der Waals surface area contributed by atoms with E-state index in [9.17, 15) is 5.11 Å². The van der Waals surface area contributed by atoms with Gasteiger partial charge in [-0.1, -0.05) is 33.6 Å². The Balaban J connectivity index is 1.86. The van der Waals surface area contributed by atoms with Crippen LogP contribution in [0.5, 0.6) is 0 Å². The number of hydrogen-bond donors (Lipinski definition) is 1. The smallest absolute Gasteiger partial charge is 0.0580 e. The van der Waals surface area contributed by atoms with Crippen molar-refractivity contribution in [1.29, 1.82) is 0 Å². The molecule has 2 aliphatic rings. The maximum atomic E-state index is 10.3. The van der Waals surface area contributed by atoms with Gasteiger partial charge in [0.25, 0.3) is 0 Å². The second-order valence-corrected chi connectivity index (χ2v) is 7.37. The summed E-state index contributed by atoms with van der Waals surface area (Å²) in [7, 11) is 0. The predicted molar refractivity (Wildman–Crippen MR) is 81.2 cm³/mol. The van der Waals surface area contributed by atoms with E-state index in [0.29, 0.717) is 5.92 Å². The number of hydrogen-bond acceptors (Lipinski definition) is 2. The van der Waals surface area contributed by atoms with Crippen molar-refractivity contribution < 1.29 is 5.11 Å². The molecule has 0 heterocycles. The van der Waals surface area contributed by atoms with E-state index in [1.807, 2.05) is 0 Å². The minimum absolute atomic E-state index is 0.0403. The van der Waals surface area contributed by atoms with Crippen molar-refractivity contribution in [2.45, 2.75) is 77.9 Å². The van der Waals surface area contributed by atoms with Crippen LogP contribution in [0.15, 0.2) is 0 Å². The first kappa shape index (κ1) is 15.3. The topological polar surface area (TPSA) is 23.5 Å². The summed E-state index contributed by atoms with van der Waals surface area (Å²) in [5.74, 6) is 2.15. The fourth-order valence-corrected chi connectivity index (χ4v) is 3.79. The molecule has 2 rings (SSSR count). The Kier molecular flexibility index (Phi) is 5.70. The Morgan fingerprint density at radius 3 is 2.47 bits per heavy atom. The maximum Gasteiger partial charge on any atom is 0.0580 e. The standard InChI is InChI=1S/C17H33NO/c1-4-5-14-6-9-17(19)15(10-14)12-18(11-13(2)3)16-7-8-16/h13-17,19H,4-12H2,1-3H3. The molecule has 2 aliphatic carbocycles. The molecule has 2 heteroatoms. The Morgan fingerprint density at radius 1 is 1.16 bits per heavy atom. The van der Waals surface area contributed by atoms with E-state index in [-0.39, 0.29) is 6.10 Å². The van der Waals surface area contributed by atoms with E-state index in [4.69, 9.17) is 0 Å². The van der Waals surface area contributed by atoms with Gasteiger partial charge in [0.15, 0.2) is 0 Å². The average Bonchev–Trinajstić information content (AvgIpc) is 3.16. The van der Waals surface area contributed by atoms with E-state index in [1.54, 1.807) is 0 Å². The Hall–Kier alpha value is -0.0800. The van der Waals surface area contributed by atoms with Gasteiger partial charge in [0.05, 0.1) is 6.10 Å². The molecule has 0 aromatic carbocycles. The molecule has 0 aliphatic heterocycles. The van der Waals surface area contributed by atoms with Crippen LogP contribution in [0.2, 0.25) is 0 Å². The number of nitrogens with zero attached hydrogens (tertiary/aromatic N) is 1. The summed E-state index contributed by atoms with van der Waals surface area (Å²) >= 11 is 0. The lowest BCUT2D eigenvalue weighted by Gasteiger charge is -2.37. The van der Waals surface area contributed by atoms with E-state index >= 15 is 0 Å². The number of aliphatic hydroxyl groups excluding tert-OH is 1. The fraction of sp³-hybridized carbons (Fsp3) is 1.00. The van der Waals surface area contributed by atoms with Gasteiger partial charge in [-0.25, -0.2) is 0 Å². The van der Waals surface area contributed by atoms with Crippen LogP contribution in [-0.4, -0.2) is 35.2 Å². The second-order valence-electron chi connectivity index (χ2n) is 7.37. The summed E-state index contributed by atoms with van der Waals surface area (Å²) in [6.07, 6.45) is 8.93. The van der Waals surface area contributed by atoms with Gasteiger partial charge >= 0.3 is 0 Å². The van der Waals surface area contributed by atoms with Gasteiger partial charge in [-0.15, -0.1) is 0 Å². The average molecular weight is 267 g/mol. The van der Waals surface area contributed by atoms with Crippen molar-refractivity contribution in [1.82, 2.24) is 4.90 Å². The number of rotatable bonds is 7. The zero-order valence-corrected chi connectivity index (χ0v) is 13.1. The van der Waals surface area contributed by atoms with Gasteiger partial charge < -0.3 is 5.11 Å². The van der Waals surface area contributed by atoms with Gasteiger partial charge in [0, 0.05) is 19.1 Å². The lowest BCUT2D eigenvalue weighted by molar-refractivity contribution is 0.0221. The SMILES string of the molecule is CCCC1CCC(O)C(CN(CC(C)C)C2CC2)C1. The zero-order chi connectivity index (χ0) is 13.8. The molecule has 0 aromatic rings. The highest BCUT2D eigenvalue weighted by Crippen LogP contribution is 2.35. The first-order valence-electron chi connectivity index (χ1n) is 8.52. The van der Waals surface area contributed by atoms with E-state index in [1.165, 1.54) is 45.1 Å². The lowest BCUT2D eigenvalue weighted by atomic mass is 9.77. The van der Waals surface area contributed by atoms with Crippen LogP contribution in [-0.2, 0) is 0 Å². The maximum absolute atomic E-state index is 10.3. The van der Waals surface area contributed by atoms with Crippen molar-refractivity contribution in [2.24, 2.45) is 17.8 Å². The molecule has 2 nitrogen and oxygen atoms in total. The van der Waals surface area contributed by atoms with E-state index < -0.39 is 0 Å².